The molecule has 0 fully saturated rings. The first kappa shape index (κ1) is 21.8. The third kappa shape index (κ3) is 4.91. The van der Waals surface area contributed by atoms with E-state index in [1.165, 1.54) is 21.3 Å². The SMILES string of the molecule is CC[Si](CC)(CC)OCCc1cc(OC)c(OC)c(OC)c1B(O)O. The number of hydrogen-bond acceptors (Lipinski definition) is 6. The lowest BCUT2D eigenvalue weighted by Gasteiger charge is -2.28. The van der Waals surface area contributed by atoms with E-state index in [0.717, 1.165) is 23.7 Å². The zero-order valence-corrected chi connectivity index (χ0v) is 17.2. The molecule has 6 nitrogen and oxygen atoms in total. The van der Waals surface area contributed by atoms with Gasteiger partial charge in [0.15, 0.2) is 19.8 Å². The highest BCUT2D eigenvalue weighted by molar-refractivity contribution is 6.73. The maximum atomic E-state index is 9.84. The topological polar surface area (TPSA) is 77.4 Å². The van der Waals surface area contributed by atoms with Crippen molar-refractivity contribution in [3.05, 3.63) is 11.6 Å². The van der Waals surface area contributed by atoms with Gasteiger partial charge in [0, 0.05) is 12.1 Å². The van der Waals surface area contributed by atoms with Gasteiger partial charge in [-0.15, -0.1) is 0 Å². The summed E-state index contributed by atoms with van der Waals surface area (Å²) in [6, 6.07) is 4.98. The average Bonchev–Trinajstić information content (AvgIpc) is 2.63. The van der Waals surface area contributed by atoms with E-state index in [0.29, 0.717) is 30.0 Å². The number of rotatable bonds is 11. The summed E-state index contributed by atoms with van der Waals surface area (Å²) in [4.78, 5) is 0. The zero-order valence-electron chi connectivity index (χ0n) is 16.2. The molecular weight excluding hydrogens is 339 g/mol. The van der Waals surface area contributed by atoms with Crippen LogP contribution < -0.4 is 19.7 Å². The predicted octanol–water partition coefficient (Wildman–Crippen LogP) is 1.96. The highest BCUT2D eigenvalue weighted by Crippen LogP contribution is 2.37. The van der Waals surface area contributed by atoms with Gasteiger partial charge < -0.3 is 28.7 Å². The molecule has 0 aliphatic heterocycles. The molecule has 8 heteroatoms. The number of ether oxygens (including phenoxy) is 3. The van der Waals surface area contributed by atoms with Crippen LogP contribution in [0.15, 0.2) is 6.07 Å². The van der Waals surface area contributed by atoms with E-state index in [4.69, 9.17) is 18.6 Å². The van der Waals surface area contributed by atoms with E-state index < -0.39 is 15.4 Å². The summed E-state index contributed by atoms with van der Waals surface area (Å²) in [6.07, 6.45) is 0.540. The van der Waals surface area contributed by atoms with E-state index in [-0.39, 0.29) is 5.75 Å². The Hall–Kier alpha value is -1.22. The minimum atomic E-state index is -1.69. The van der Waals surface area contributed by atoms with Crippen molar-refractivity contribution in [2.45, 2.75) is 45.3 Å². The Morgan fingerprint density at radius 3 is 1.88 bits per heavy atom. The molecule has 0 radical (unpaired) electrons. The molecule has 25 heavy (non-hydrogen) atoms. The molecule has 0 unspecified atom stereocenters. The van der Waals surface area contributed by atoms with Gasteiger partial charge in [0.25, 0.3) is 0 Å². The Kier molecular flexibility index (Phi) is 8.78. The summed E-state index contributed by atoms with van der Waals surface area (Å²) >= 11 is 0. The second kappa shape index (κ2) is 10.1. The first-order valence-electron chi connectivity index (χ1n) is 8.75. The van der Waals surface area contributed by atoms with Crippen LogP contribution >= 0.6 is 0 Å². The molecule has 0 aromatic heterocycles. The summed E-state index contributed by atoms with van der Waals surface area (Å²) < 4.78 is 22.3. The van der Waals surface area contributed by atoms with Crippen LogP contribution in [0.4, 0.5) is 0 Å². The summed E-state index contributed by atoms with van der Waals surface area (Å²) in [6.45, 7) is 7.07. The van der Waals surface area contributed by atoms with Crippen molar-refractivity contribution in [1.82, 2.24) is 0 Å². The van der Waals surface area contributed by atoms with Gasteiger partial charge >= 0.3 is 7.12 Å². The lowest BCUT2D eigenvalue weighted by Crippen LogP contribution is -2.38. The van der Waals surface area contributed by atoms with Crippen molar-refractivity contribution >= 4 is 20.9 Å². The second-order valence-corrected chi connectivity index (χ2v) is 10.7. The van der Waals surface area contributed by atoms with E-state index in [9.17, 15) is 10.0 Å². The first-order chi connectivity index (χ1) is 11.9. The highest BCUT2D eigenvalue weighted by atomic mass is 28.4. The van der Waals surface area contributed by atoms with Crippen LogP contribution in [0.25, 0.3) is 0 Å². The van der Waals surface area contributed by atoms with Crippen molar-refractivity contribution in [3.63, 3.8) is 0 Å². The standard InChI is InChI=1S/C17H31BO6Si/c1-7-25(8-2,9-3)24-11-10-13-12-14(21-4)16(22-5)17(23-6)15(13)18(19)20/h12,19-20H,7-11H2,1-6H3. The van der Waals surface area contributed by atoms with Gasteiger partial charge in [-0.2, -0.15) is 0 Å². The van der Waals surface area contributed by atoms with E-state index in [1.54, 1.807) is 6.07 Å². The van der Waals surface area contributed by atoms with E-state index in [1.807, 2.05) is 0 Å². The molecule has 0 bridgehead atoms. The second-order valence-electron chi connectivity index (χ2n) is 5.93. The molecule has 0 aliphatic rings. The van der Waals surface area contributed by atoms with Gasteiger partial charge in [0.2, 0.25) is 5.75 Å². The van der Waals surface area contributed by atoms with E-state index >= 15 is 0 Å². The molecule has 0 atom stereocenters. The third-order valence-electron chi connectivity index (χ3n) is 4.92. The molecule has 1 aromatic rings. The van der Waals surface area contributed by atoms with Crippen LogP contribution in [-0.4, -0.2) is 53.4 Å². The van der Waals surface area contributed by atoms with Gasteiger partial charge in [-0.05, 0) is 36.2 Å². The molecule has 1 aromatic carbocycles. The summed E-state index contributed by atoms with van der Waals surface area (Å²) in [7, 11) is 1.13. The van der Waals surface area contributed by atoms with E-state index in [2.05, 4.69) is 20.8 Å². The summed E-state index contributed by atoms with van der Waals surface area (Å²) in [5.41, 5.74) is 1.01. The predicted molar refractivity (Wildman–Crippen MR) is 103 cm³/mol. The first-order valence-corrected chi connectivity index (χ1v) is 11.3. The van der Waals surface area contributed by atoms with Crippen molar-refractivity contribution in [2.75, 3.05) is 27.9 Å². The van der Waals surface area contributed by atoms with Crippen LogP contribution in [0.2, 0.25) is 18.1 Å². The Balaban J connectivity index is 3.17. The van der Waals surface area contributed by atoms with Crippen molar-refractivity contribution in [3.8, 4) is 17.2 Å². The Bertz CT molecular complexity index is 540. The van der Waals surface area contributed by atoms with Crippen molar-refractivity contribution in [2.24, 2.45) is 0 Å². The van der Waals surface area contributed by atoms with Gasteiger partial charge in [-0.25, -0.2) is 0 Å². The van der Waals surface area contributed by atoms with Crippen molar-refractivity contribution < 1.29 is 28.7 Å². The van der Waals surface area contributed by atoms with Gasteiger partial charge in [0.05, 0.1) is 21.3 Å². The summed E-state index contributed by atoms with van der Waals surface area (Å²) in [5, 5.41) is 19.7. The van der Waals surface area contributed by atoms with Crippen LogP contribution in [0, 0.1) is 0 Å². The van der Waals surface area contributed by atoms with Crippen LogP contribution in [0.3, 0.4) is 0 Å². The largest absolute Gasteiger partial charge is 0.493 e. The number of benzene rings is 1. The number of hydrogen-bond donors (Lipinski definition) is 2. The quantitative estimate of drug-likeness (QED) is 0.580. The van der Waals surface area contributed by atoms with Crippen molar-refractivity contribution in [1.29, 1.82) is 0 Å². The van der Waals surface area contributed by atoms with Gasteiger partial charge in [0.1, 0.15) is 0 Å². The Morgan fingerprint density at radius 2 is 1.48 bits per heavy atom. The van der Waals surface area contributed by atoms with Crippen LogP contribution in [0.5, 0.6) is 17.2 Å². The molecule has 142 valence electrons. The summed E-state index contributed by atoms with van der Waals surface area (Å²) in [5.74, 6) is 1.11. The minimum Gasteiger partial charge on any atom is -0.493 e. The molecular formula is C17H31BO6Si. The van der Waals surface area contributed by atoms with Gasteiger partial charge in [-0.1, -0.05) is 20.8 Å². The zero-order chi connectivity index (χ0) is 19.0. The monoisotopic (exact) mass is 370 g/mol. The molecule has 0 heterocycles. The molecule has 1 rings (SSSR count). The third-order valence-corrected chi connectivity index (χ3v) is 9.61. The fourth-order valence-electron chi connectivity index (χ4n) is 3.15. The fourth-order valence-corrected chi connectivity index (χ4v) is 5.80. The highest BCUT2D eigenvalue weighted by Gasteiger charge is 2.30. The van der Waals surface area contributed by atoms with Crippen LogP contribution in [0.1, 0.15) is 26.3 Å². The Labute approximate surface area is 152 Å². The van der Waals surface area contributed by atoms with Gasteiger partial charge in [-0.3, -0.25) is 0 Å². The molecule has 2 N–H and O–H groups in total. The molecule has 0 saturated heterocycles. The Morgan fingerprint density at radius 1 is 0.920 bits per heavy atom. The van der Waals surface area contributed by atoms with Crippen LogP contribution in [-0.2, 0) is 10.8 Å². The molecule has 0 saturated carbocycles. The maximum absolute atomic E-state index is 9.84. The fraction of sp³-hybridized carbons (Fsp3) is 0.647. The maximum Gasteiger partial charge on any atom is 0.492 e. The minimum absolute atomic E-state index is 0.275. The molecule has 0 spiro atoms. The molecule has 0 aliphatic carbocycles. The lowest BCUT2D eigenvalue weighted by molar-refractivity contribution is 0.301. The number of methoxy groups -OCH3 is 3. The smallest absolute Gasteiger partial charge is 0.492 e. The average molecular weight is 370 g/mol. The molecule has 0 amide bonds. The lowest BCUT2D eigenvalue weighted by atomic mass is 9.75. The normalized spacial score (nSPS) is 11.4.